The number of esters is 1. The summed E-state index contributed by atoms with van der Waals surface area (Å²) in [5.74, 6) is -0.346. The largest absolute Gasteiger partial charge is 0.463 e. The Morgan fingerprint density at radius 3 is 1.42 bits per heavy atom. The third kappa shape index (κ3) is 11.7. The van der Waals surface area contributed by atoms with Crippen molar-refractivity contribution < 1.29 is 32.0 Å². The molecule has 1 fully saturated rings. The molecule has 1 saturated heterocycles. The van der Waals surface area contributed by atoms with Gasteiger partial charge in [0.15, 0.2) is 39.6 Å². The number of ether oxygens (including phenoxy) is 2. The van der Waals surface area contributed by atoms with Gasteiger partial charge < -0.3 is 27.2 Å². The van der Waals surface area contributed by atoms with Gasteiger partial charge in [-0.2, -0.15) is 0 Å². The molecule has 0 aromatic heterocycles. The molecule has 184 valence electrons. The topological polar surface area (TPSA) is 72.5 Å². The van der Waals surface area contributed by atoms with Gasteiger partial charge in [-0.1, -0.05) is 0 Å². The van der Waals surface area contributed by atoms with E-state index < -0.39 is 57.9 Å². The maximum Gasteiger partial charge on any atom is 0.302 e. The van der Waals surface area contributed by atoms with Crippen molar-refractivity contribution in [1.29, 1.82) is 0 Å². The fourth-order valence-electron chi connectivity index (χ4n) is 3.28. The number of rotatable bonds is 10. The van der Waals surface area contributed by atoms with Crippen LogP contribution in [0.15, 0.2) is 0 Å². The summed E-state index contributed by atoms with van der Waals surface area (Å²) < 4.78 is 38.3. The normalized spacial score (nSPS) is 28.5. The van der Waals surface area contributed by atoms with E-state index in [0.29, 0.717) is 0 Å². The summed E-state index contributed by atoms with van der Waals surface area (Å²) in [5.41, 5.74) is 0. The van der Waals surface area contributed by atoms with Crippen LogP contribution in [0.3, 0.4) is 0 Å². The summed E-state index contributed by atoms with van der Waals surface area (Å²) in [7, 11) is -7.89. The van der Waals surface area contributed by atoms with Crippen LogP contribution < -0.4 is 0 Å². The third-order valence-corrected chi connectivity index (χ3v) is 7.86. The van der Waals surface area contributed by atoms with Crippen molar-refractivity contribution in [3.8, 4) is 0 Å². The summed E-state index contributed by atoms with van der Waals surface area (Å²) in [6, 6.07) is 0. The molecule has 0 N–H and O–H groups in total. The van der Waals surface area contributed by atoms with Gasteiger partial charge in [0.1, 0.15) is 31.0 Å². The van der Waals surface area contributed by atoms with E-state index in [0.717, 1.165) is 0 Å². The van der Waals surface area contributed by atoms with E-state index in [2.05, 4.69) is 78.6 Å². The van der Waals surface area contributed by atoms with E-state index in [-0.39, 0.29) is 18.7 Å². The smallest absolute Gasteiger partial charge is 0.302 e. The molecule has 5 atom stereocenters. The van der Waals surface area contributed by atoms with Gasteiger partial charge in [0.25, 0.3) is 0 Å². The second kappa shape index (κ2) is 10.6. The van der Waals surface area contributed by atoms with Crippen LogP contribution in [0.2, 0.25) is 78.6 Å². The molecule has 1 aliphatic heterocycles. The lowest BCUT2D eigenvalue weighted by Crippen LogP contribution is -2.67. The molecule has 7 nitrogen and oxygen atoms in total. The molecule has 0 aromatic carbocycles. The van der Waals surface area contributed by atoms with Gasteiger partial charge >= 0.3 is 5.97 Å². The van der Waals surface area contributed by atoms with Gasteiger partial charge in [0.2, 0.25) is 0 Å². The van der Waals surface area contributed by atoms with Crippen molar-refractivity contribution in [2.75, 3.05) is 6.61 Å². The second-order valence-corrected chi connectivity index (χ2v) is 30.0. The van der Waals surface area contributed by atoms with Gasteiger partial charge in [-0.05, 0) is 78.6 Å². The zero-order valence-electron chi connectivity index (χ0n) is 22.0. The first kappa shape index (κ1) is 29.2. The lowest BCUT2D eigenvalue weighted by molar-refractivity contribution is -0.270. The van der Waals surface area contributed by atoms with Crippen molar-refractivity contribution in [2.45, 2.75) is 116 Å². The molecule has 11 heteroatoms. The van der Waals surface area contributed by atoms with Crippen molar-refractivity contribution in [3.05, 3.63) is 0 Å². The zero-order chi connectivity index (χ0) is 24.4. The van der Waals surface area contributed by atoms with Gasteiger partial charge in [0.05, 0.1) is 0 Å². The van der Waals surface area contributed by atoms with Crippen LogP contribution in [0.1, 0.15) is 6.92 Å². The average molecular weight is 511 g/mol. The molecule has 1 rings (SSSR count). The Bertz CT molecular complexity index is 590. The first-order valence-electron chi connectivity index (χ1n) is 11.2. The maximum atomic E-state index is 11.6. The van der Waals surface area contributed by atoms with Crippen molar-refractivity contribution in [2.24, 2.45) is 0 Å². The highest BCUT2D eigenvalue weighted by atomic mass is 28.4. The summed E-state index contributed by atoms with van der Waals surface area (Å²) in [5, 5.41) is 0. The van der Waals surface area contributed by atoms with E-state index in [1.165, 1.54) is 6.92 Å². The van der Waals surface area contributed by atoms with Gasteiger partial charge in [0, 0.05) is 6.92 Å². The first-order valence-corrected chi connectivity index (χ1v) is 24.8. The number of hydrogen-bond acceptors (Lipinski definition) is 7. The van der Waals surface area contributed by atoms with E-state index in [1.54, 1.807) is 0 Å². The standard InChI is InChI=1S/C20H46O7Si4/c1-15(21)22-14-16-17(24-28(2,3)4)18(25-29(5,6)7)19(26-30(8,9)10)20(23-16)27-31(11,12)13/h16-20H,14H2,1-13H3/t16-,17-,18+,19-,20-/m1/s1. The van der Waals surface area contributed by atoms with Crippen LogP contribution >= 0.6 is 0 Å². The molecule has 0 radical (unpaired) electrons. The minimum absolute atomic E-state index is 0.0985. The summed E-state index contributed by atoms with van der Waals surface area (Å²) in [6.07, 6.45) is -2.25. The lowest BCUT2D eigenvalue weighted by Gasteiger charge is -2.51. The Balaban J connectivity index is 3.48. The Labute approximate surface area is 194 Å². The van der Waals surface area contributed by atoms with Crippen LogP contribution in [-0.2, 0) is 32.0 Å². The summed E-state index contributed by atoms with van der Waals surface area (Å²) in [4.78, 5) is 11.6. The van der Waals surface area contributed by atoms with Crippen LogP contribution in [0.5, 0.6) is 0 Å². The molecule has 1 heterocycles. The number of carbonyl (C=O) groups excluding carboxylic acids is 1. The van der Waals surface area contributed by atoms with Gasteiger partial charge in [-0.15, -0.1) is 0 Å². The molecule has 1 aliphatic rings. The molecule has 0 aromatic rings. The van der Waals surface area contributed by atoms with Crippen molar-refractivity contribution >= 4 is 39.2 Å². The third-order valence-electron chi connectivity index (χ3n) is 3.98. The molecule has 0 unspecified atom stereocenters. The molecule has 0 amide bonds. The SMILES string of the molecule is CC(=O)OC[C@H]1O[C@H](O[Si](C)(C)C)[C@H](O[Si](C)(C)C)[C@@H](O[Si](C)(C)C)[C@@H]1O[Si](C)(C)C. The van der Waals surface area contributed by atoms with Gasteiger partial charge in [-0.25, -0.2) is 0 Å². The Hall–Kier alpha value is 0.138. The minimum atomic E-state index is -1.98. The fourth-order valence-corrected chi connectivity index (χ4v) is 7.42. The summed E-state index contributed by atoms with van der Waals surface area (Å²) >= 11 is 0. The summed E-state index contributed by atoms with van der Waals surface area (Å²) in [6.45, 7) is 27.3. The lowest BCUT2D eigenvalue weighted by atomic mass is 9.99. The zero-order valence-corrected chi connectivity index (χ0v) is 26.0. The minimum Gasteiger partial charge on any atom is -0.463 e. The van der Waals surface area contributed by atoms with Crippen molar-refractivity contribution in [1.82, 2.24) is 0 Å². The molecule has 0 saturated carbocycles. The fraction of sp³-hybridized carbons (Fsp3) is 0.950. The van der Waals surface area contributed by atoms with E-state index >= 15 is 0 Å². The molecule has 0 bridgehead atoms. The average Bonchev–Trinajstić information content (AvgIpc) is 2.46. The Morgan fingerprint density at radius 1 is 0.645 bits per heavy atom. The van der Waals surface area contributed by atoms with Crippen LogP contribution in [0.25, 0.3) is 0 Å². The number of hydrogen-bond donors (Lipinski definition) is 0. The van der Waals surface area contributed by atoms with E-state index in [1.807, 2.05) is 0 Å². The molecular formula is C20H46O7Si4. The molecular weight excluding hydrogens is 465 g/mol. The van der Waals surface area contributed by atoms with E-state index in [4.69, 9.17) is 27.2 Å². The predicted octanol–water partition coefficient (Wildman–Crippen LogP) is 4.79. The van der Waals surface area contributed by atoms with E-state index in [9.17, 15) is 4.79 Å². The quantitative estimate of drug-likeness (QED) is 0.309. The highest BCUT2D eigenvalue weighted by molar-refractivity contribution is 6.71. The maximum absolute atomic E-state index is 11.6. The second-order valence-electron chi connectivity index (χ2n) is 12.2. The first-order chi connectivity index (χ1) is 13.7. The molecule has 31 heavy (non-hydrogen) atoms. The van der Waals surface area contributed by atoms with Gasteiger partial charge in [-0.3, -0.25) is 4.79 Å². The van der Waals surface area contributed by atoms with Crippen molar-refractivity contribution in [3.63, 3.8) is 0 Å². The van der Waals surface area contributed by atoms with Crippen LogP contribution in [0.4, 0.5) is 0 Å². The molecule has 0 spiro atoms. The number of carbonyl (C=O) groups is 1. The Morgan fingerprint density at radius 2 is 1.03 bits per heavy atom. The highest BCUT2D eigenvalue weighted by Crippen LogP contribution is 2.35. The predicted molar refractivity (Wildman–Crippen MR) is 134 cm³/mol. The monoisotopic (exact) mass is 510 g/mol. The molecule has 0 aliphatic carbocycles. The Kier molecular flexibility index (Phi) is 9.97. The van der Waals surface area contributed by atoms with Crippen LogP contribution in [0, 0.1) is 0 Å². The van der Waals surface area contributed by atoms with Crippen LogP contribution in [-0.4, -0.2) is 76.6 Å². The highest BCUT2D eigenvalue weighted by Gasteiger charge is 2.52.